The van der Waals surface area contributed by atoms with Crippen molar-refractivity contribution >= 4 is 41.3 Å². The van der Waals surface area contributed by atoms with Gasteiger partial charge in [-0.3, -0.25) is 4.99 Å². The zero-order chi connectivity index (χ0) is 19.9. The van der Waals surface area contributed by atoms with Crippen molar-refractivity contribution in [3.63, 3.8) is 0 Å². The number of rotatable bonds is 6. The van der Waals surface area contributed by atoms with Gasteiger partial charge in [-0.25, -0.2) is 4.98 Å². The Balaban J connectivity index is 0.00000300. The van der Waals surface area contributed by atoms with Gasteiger partial charge in [0, 0.05) is 44.0 Å². The van der Waals surface area contributed by atoms with E-state index in [1.54, 1.807) is 11.3 Å². The quantitative estimate of drug-likeness (QED) is 0.328. The van der Waals surface area contributed by atoms with E-state index >= 15 is 0 Å². The molecule has 2 aromatic rings. The summed E-state index contributed by atoms with van der Waals surface area (Å²) in [6.45, 7) is 8.84. The van der Waals surface area contributed by atoms with Gasteiger partial charge < -0.3 is 15.4 Å². The van der Waals surface area contributed by atoms with E-state index in [4.69, 9.17) is 4.74 Å². The van der Waals surface area contributed by atoms with Crippen molar-refractivity contribution < 1.29 is 4.74 Å². The Labute approximate surface area is 195 Å². The van der Waals surface area contributed by atoms with E-state index in [0.29, 0.717) is 5.92 Å². The number of nitrogens with zero attached hydrogens (tertiary/aromatic N) is 2. The lowest BCUT2D eigenvalue weighted by Crippen LogP contribution is -2.42. The average molecular weight is 529 g/mol. The Bertz CT molecular complexity index is 771. The summed E-state index contributed by atoms with van der Waals surface area (Å²) in [5.41, 5.74) is 3.70. The van der Waals surface area contributed by atoms with Crippen LogP contribution < -0.4 is 10.6 Å². The summed E-state index contributed by atoms with van der Waals surface area (Å²) in [6, 6.07) is 8.73. The predicted molar refractivity (Wildman–Crippen MR) is 133 cm³/mol. The van der Waals surface area contributed by atoms with Crippen LogP contribution in [0, 0.1) is 26.7 Å². The molecule has 1 fully saturated rings. The van der Waals surface area contributed by atoms with Crippen molar-refractivity contribution in [3.8, 4) is 0 Å². The van der Waals surface area contributed by atoms with Crippen LogP contribution in [0.15, 0.2) is 29.3 Å². The third kappa shape index (κ3) is 6.93. The van der Waals surface area contributed by atoms with Gasteiger partial charge in [0.15, 0.2) is 5.96 Å². The molecule has 0 saturated carbocycles. The van der Waals surface area contributed by atoms with Gasteiger partial charge in [-0.05, 0) is 39.2 Å². The highest BCUT2D eigenvalue weighted by Crippen LogP contribution is 2.33. The molecule has 1 aromatic heterocycles. The molecule has 0 amide bonds. The molecule has 2 unspecified atom stereocenters. The normalized spacial score (nSPS) is 19.5. The maximum atomic E-state index is 6.13. The SMILES string of the molecule is CN=C(NCCc1nc(C)c(C)s1)NCC1CCCOC1c1ccc(C)cc1.I. The third-order valence-electron chi connectivity index (χ3n) is 5.31. The van der Waals surface area contributed by atoms with Crippen LogP contribution >= 0.6 is 35.3 Å². The van der Waals surface area contributed by atoms with Crippen molar-refractivity contribution in [3.05, 3.63) is 51.0 Å². The molecular weight excluding hydrogens is 495 g/mol. The number of nitrogens with one attached hydrogen (secondary N) is 2. The van der Waals surface area contributed by atoms with Crippen LogP contribution in [0.2, 0.25) is 0 Å². The van der Waals surface area contributed by atoms with E-state index in [0.717, 1.165) is 44.2 Å². The number of ether oxygens (including phenoxy) is 1. The molecule has 0 aliphatic carbocycles. The molecule has 2 atom stereocenters. The van der Waals surface area contributed by atoms with Crippen molar-refractivity contribution in [2.75, 3.05) is 26.7 Å². The first-order chi connectivity index (χ1) is 13.6. The van der Waals surface area contributed by atoms with E-state index in [1.165, 1.54) is 27.4 Å². The van der Waals surface area contributed by atoms with Crippen LogP contribution in [-0.4, -0.2) is 37.7 Å². The van der Waals surface area contributed by atoms with Gasteiger partial charge in [-0.15, -0.1) is 35.3 Å². The van der Waals surface area contributed by atoms with Crippen LogP contribution in [0.4, 0.5) is 0 Å². The average Bonchev–Trinajstić information content (AvgIpc) is 3.03. The molecule has 0 spiro atoms. The molecule has 1 saturated heterocycles. The number of halogens is 1. The number of thiazole rings is 1. The van der Waals surface area contributed by atoms with Gasteiger partial charge >= 0.3 is 0 Å². The molecule has 2 N–H and O–H groups in total. The van der Waals surface area contributed by atoms with Crippen molar-refractivity contribution in [1.82, 2.24) is 15.6 Å². The van der Waals surface area contributed by atoms with E-state index in [2.05, 4.69) is 65.6 Å². The Morgan fingerprint density at radius 2 is 1.97 bits per heavy atom. The largest absolute Gasteiger partial charge is 0.373 e. The summed E-state index contributed by atoms with van der Waals surface area (Å²) in [5, 5.41) is 8.09. The highest BCUT2D eigenvalue weighted by atomic mass is 127. The number of aliphatic imine (C=N–C) groups is 1. The molecule has 1 aromatic carbocycles. The van der Waals surface area contributed by atoms with Crippen LogP contribution in [0.1, 0.15) is 45.7 Å². The van der Waals surface area contributed by atoms with Gasteiger partial charge in [0.2, 0.25) is 0 Å². The Kier molecular flexibility index (Phi) is 9.85. The number of benzene rings is 1. The van der Waals surface area contributed by atoms with Crippen LogP contribution in [0.3, 0.4) is 0 Å². The van der Waals surface area contributed by atoms with Crippen LogP contribution in [-0.2, 0) is 11.2 Å². The van der Waals surface area contributed by atoms with Crippen LogP contribution in [0.5, 0.6) is 0 Å². The second kappa shape index (κ2) is 11.9. The van der Waals surface area contributed by atoms with Gasteiger partial charge in [0.1, 0.15) is 0 Å². The number of aryl methyl sites for hydroxylation is 3. The Morgan fingerprint density at radius 3 is 2.62 bits per heavy atom. The third-order valence-corrected chi connectivity index (χ3v) is 6.44. The maximum absolute atomic E-state index is 6.13. The second-order valence-electron chi connectivity index (χ2n) is 7.48. The summed E-state index contributed by atoms with van der Waals surface area (Å²) >= 11 is 1.78. The summed E-state index contributed by atoms with van der Waals surface area (Å²) in [7, 11) is 1.82. The van der Waals surface area contributed by atoms with Crippen molar-refractivity contribution in [2.24, 2.45) is 10.9 Å². The molecule has 0 radical (unpaired) electrons. The minimum Gasteiger partial charge on any atom is -0.373 e. The maximum Gasteiger partial charge on any atom is 0.191 e. The lowest BCUT2D eigenvalue weighted by molar-refractivity contribution is -0.0265. The first kappa shape index (κ1) is 24.1. The van der Waals surface area contributed by atoms with Gasteiger partial charge in [-0.1, -0.05) is 29.8 Å². The van der Waals surface area contributed by atoms with Gasteiger partial charge in [0.25, 0.3) is 0 Å². The van der Waals surface area contributed by atoms with Crippen molar-refractivity contribution in [1.29, 1.82) is 0 Å². The van der Waals surface area contributed by atoms with Crippen molar-refractivity contribution in [2.45, 2.75) is 46.1 Å². The van der Waals surface area contributed by atoms with E-state index < -0.39 is 0 Å². The summed E-state index contributed by atoms with van der Waals surface area (Å²) in [5.74, 6) is 1.29. The number of hydrogen-bond acceptors (Lipinski definition) is 4. The molecule has 1 aliphatic heterocycles. The molecule has 29 heavy (non-hydrogen) atoms. The molecule has 2 heterocycles. The molecular formula is C22H33IN4OS. The Hall–Kier alpha value is -1.19. The highest BCUT2D eigenvalue weighted by molar-refractivity contribution is 14.0. The molecule has 0 bridgehead atoms. The molecule has 7 heteroatoms. The highest BCUT2D eigenvalue weighted by Gasteiger charge is 2.27. The summed E-state index contributed by atoms with van der Waals surface area (Å²) in [6.07, 6.45) is 3.35. The smallest absolute Gasteiger partial charge is 0.191 e. The van der Waals surface area contributed by atoms with E-state index in [-0.39, 0.29) is 30.1 Å². The second-order valence-corrected chi connectivity index (χ2v) is 8.77. The van der Waals surface area contributed by atoms with Gasteiger partial charge in [-0.2, -0.15) is 0 Å². The van der Waals surface area contributed by atoms with Gasteiger partial charge in [0.05, 0.1) is 16.8 Å². The fourth-order valence-electron chi connectivity index (χ4n) is 3.56. The monoisotopic (exact) mass is 528 g/mol. The fraction of sp³-hybridized carbons (Fsp3) is 0.545. The summed E-state index contributed by atoms with van der Waals surface area (Å²) in [4.78, 5) is 10.3. The molecule has 5 nitrogen and oxygen atoms in total. The lowest BCUT2D eigenvalue weighted by atomic mass is 9.89. The minimum atomic E-state index is 0. The molecule has 1 aliphatic rings. The fourth-order valence-corrected chi connectivity index (χ4v) is 4.49. The first-order valence-electron chi connectivity index (χ1n) is 10.1. The Morgan fingerprint density at radius 1 is 1.21 bits per heavy atom. The number of hydrogen-bond donors (Lipinski definition) is 2. The molecule has 160 valence electrons. The van der Waals surface area contributed by atoms with E-state index in [1.807, 2.05) is 7.05 Å². The first-order valence-corrected chi connectivity index (χ1v) is 10.9. The predicted octanol–water partition coefficient (Wildman–Crippen LogP) is 4.56. The lowest BCUT2D eigenvalue weighted by Gasteiger charge is -2.32. The number of guanidine groups is 1. The molecule has 3 rings (SSSR count). The van der Waals surface area contributed by atoms with Crippen LogP contribution in [0.25, 0.3) is 0 Å². The zero-order valence-electron chi connectivity index (χ0n) is 17.8. The number of aromatic nitrogens is 1. The minimum absolute atomic E-state index is 0. The summed E-state index contributed by atoms with van der Waals surface area (Å²) < 4.78 is 6.13. The van der Waals surface area contributed by atoms with E-state index in [9.17, 15) is 0 Å². The topological polar surface area (TPSA) is 58.5 Å². The zero-order valence-corrected chi connectivity index (χ0v) is 21.0. The standard InChI is InChI=1S/C22H32N4OS.HI/c1-15-7-9-18(10-8-15)21-19(6-5-13-27-21)14-25-22(23-4)24-12-11-20-26-16(2)17(3)28-20;/h7-10,19,21H,5-6,11-14H2,1-4H3,(H2,23,24,25);1H.